The number of anilines is 1. The van der Waals surface area contributed by atoms with Crippen molar-refractivity contribution < 1.29 is 19.1 Å². The second kappa shape index (κ2) is 9.17. The molecule has 2 aromatic rings. The van der Waals surface area contributed by atoms with Gasteiger partial charge >= 0.3 is 0 Å². The minimum absolute atomic E-state index is 0.0193. The van der Waals surface area contributed by atoms with Gasteiger partial charge in [-0.3, -0.25) is 19.4 Å². The highest BCUT2D eigenvalue weighted by molar-refractivity contribution is 6.02. The Balaban J connectivity index is 1.43. The number of carbonyl (C=O) groups is 2. The molecule has 7 nitrogen and oxygen atoms in total. The van der Waals surface area contributed by atoms with Gasteiger partial charge in [0.2, 0.25) is 5.91 Å². The Labute approximate surface area is 176 Å². The summed E-state index contributed by atoms with van der Waals surface area (Å²) in [5.41, 5.74) is 1.78. The number of benzene rings is 2. The third-order valence-corrected chi connectivity index (χ3v) is 5.68. The summed E-state index contributed by atoms with van der Waals surface area (Å²) < 4.78 is 10.7. The van der Waals surface area contributed by atoms with Crippen LogP contribution in [0.3, 0.4) is 0 Å². The Morgan fingerprint density at radius 2 is 1.87 bits per heavy atom. The van der Waals surface area contributed by atoms with Gasteiger partial charge in [-0.15, -0.1) is 0 Å². The minimum atomic E-state index is -0.213. The predicted molar refractivity (Wildman–Crippen MR) is 114 cm³/mol. The summed E-state index contributed by atoms with van der Waals surface area (Å²) in [5.74, 6) is 1.04. The van der Waals surface area contributed by atoms with E-state index >= 15 is 0 Å². The Morgan fingerprint density at radius 3 is 2.60 bits per heavy atom. The number of rotatable bonds is 7. The van der Waals surface area contributed by atoms with Crippen molar-refractivity contribution in [2.45, 2.75) is 18.9 Å². The fraction of sp³-hybridized carbons (Fsp3) is 0.391. The molecule has 0 aliphatic carbocycles. The third-order valence-electron chi connectivity index (χ3n) is 5.68. The van der Waals surface area contributed by atoms with Gasteiger partial charge in [0.15, 0.2) is 6.61 Å². The number of hydrogen-bond acceptors (Lipinski definition) is 5. The average molecular weight is 409 g/mol. The average Bonchev–Trinajstić information content (AvgIpc) is 3.31. The van der Waals surface area contributed by atoms with Crippen LogP contribution in [-0.4, -0.2) is 56.6 Å². The highest BCUT2D eigenvalue weighted by Gasteiger charge is 2.28. The lowest BCUT2D eigenvalue weighted by atomic mass is 10.1. The van der Waals surface area contributed by atoms with Crippen LogP contribution in [0.2, 0.25) is 0 Å². The Bertz CT molecular complexity index is 894. The molecule has 1 unspecified atom stereocenters. The fourth-order valence-electron chi connectivity index (χ4n) is 4.07. The van der Waals surface area contributed by atoms with Crippen molar-refractivity contribution in [1.29, 1.82) is 0 Å². The second-order valence-electron chi connectivity index (χ2n) is 7.57. The lowest BCUT2D eigenvalue weighted by Gasteiger charge is -2.30. The maximum absolute atomic E-state index is 12.7. The number of methoxy groups -OCH3 is 1. The van der Waals surface area contributed by atoms with Gasteiger partial charge in [0.05, 0.1) is 18.8 Å². The van der Waals surface area contributed by atoms with Crippen LogP contribution in [0.4, 0.5) is 5.69 Å². The number of amides is 2. The van der Waals surface area contributed by atoms with E-state index in [4.69, 9.17) is 9.47 Å². The Kier molecular flexibility index (Phi) is 6.18. The highest BCUT2D eigenvalue weighted by Crippen LogP contribution is 2.31. The summed E-state index contributed by atoms with van der Waals surface area (Å²) in [7, 11) is 1.65. The number of para-hydroxylation sites is 2. The van der Waals surface area contributed by atoms with Crippen molar-refractivity contribution in [1.82, 2.24) is 10.2 Å². The van der Waals surface area contributed by atoms with E-state index in [0.29, 0.717) is 18.0 Å². The molecule has 2 aromatic carbocycles. The quantitative estimate of drug-likeness (QED) is 0.760. The van der Waals surface area contributed by atoms with Gasteiger partial charge in [-0.25, -0.2) is 0 Å². The first-order valence-electron chi connectivity index (χ1n) is 10.3. The van der Waals surface area contributed by atoms with Crippen LogP contribution in [0.25, 0.3) is 0 Å². The molecule has 0 bridgehead atoms. The molecule has 2 amide bonds. The van der Waals surface area contributed by atoms with Crippen molar-refractivity contribution in [3.8, 4) is 11.5 Å². The zero-order valence-electron chi connectivity index (χ0n) is 17.2. The monoisotopic (exact) mass is 409 g/mol. The molecule has 1 saturated heterocycles. The van der Waals surface area contributed by atoms with Crippen LogP contribution < -0.4 is 19.7 Å². The molecule has 1 fully saturated rings. The molecule has 0 aromatic heterocycles. The van der Waals surface area contributed by atoms with Crippen LogP contribution in [0.5, 0.6) is 11.5 Å². The van der Waals surface area contributed by atoms with Gasteiger partial charge in [-0.2, -0.15) is 0 Å². The van der Waals surface area contributed by atoms with E-state index in [-0.39, 0.29) is 31.0 Å². The normalized spacial score (nSPS) is 17.2. The Morgan fingerprint density at radius 1 is 1.13 bits per heavy atom. The van der Waals surface area contributed by atoms with Gasteiger partial charge in [0.25, 0.3) is 5.91 Å². The highest BCUT2D eigenvalue weighted by atomic mass is 16.5. The van der Waals surface area contributed by atoms with E-state index < -0.39 is 0 Å². The zero-order valence-corrected chi connectivity index (χ0v) is 17.2. The van der Waals surface area contributed by atoms with Crippen LogP contribution >= 0.6 is 0 Å². The third kappa shape index (κ3) is 4.41. The van der Waals surface area contributed by atoms with Crippen molar-refractivity contribution >= 4 is 17.5 Å². The molecule has 0 radical (unpaired) electrons. The van der Waals surface area contributed by atoms with Gasteiger partial charge < -0.3 is 14.8 Å². The topological polar surface area (TPSA) is 71.1 Å². The standard InChI is InChI=1S/C23H27N3O4/c1-29-18-10-8-17(9-11-18)20(25-12-4-5-13-25)14-24-22(27)15-26-19-6-2-3-7-21(19)30-16-23(26)28/h2-3,6-11,20H,4-5,12-16H2,1H3,(H,24,27). The molecular weight excluding hydrogens is 382 g/mol. The Hall–Kier alpha value is -3.06. The number of nitrogens with zero attached hydrogens (tertiary/aromatic N) is 2. The number of fused-ring (bicyclic) bond motifs is 1. The predicted octanol–water partition coefficient (Wildman–Crippen LogP) is 2.37. The summed E-state index contributed by atoms with van der Waals surface area (Å²) >= 11 is 0. The molecule has 1 atom stereocenters. The molecule has 2 aliphatic heterocycles. The smallest absolute Gasteiger partial charge is 0.265 e. The van der Waals surface area contributed by atoms with Crippen molar-refractivity contribution in [2.75, 3.05) is 44.8 Å². The van der Waals surface area contributed by atoms with Crippen LogP contribution in [0, 0.1) is 0 Å². The zero-order chi connectivity index (χ0) is 20.9. The fourth-order valence-corrected chi connectivity index (χ4v) is 4.07. The molecule has 2 heterocycles. The number of nitrogens with one attached hydrogen (secondary N) is 1. The van der Waals surface area contributed by atoms with E-state index in [1.54, 1.807) is 19.2 Å². The van der Waals surface area contributed by atoms with Gasteiger partial charge in [0.1, 0.15) is 18.0 Å². The van der Waals surface area contributed by atoms with Crippen molar-refractivity contribution in [3.63, 3.8) is 0 Å². The molecule has 1 N–H and O–H groups in total. The van der Waals surface area contributed by atoms with E-state index in [1.807, 2.05) is 24.3 Å². The lowest BCUT2D eigenvalue weighted by molar-refractivity contribution is -0.125. The summed E-state index contributed by atoms with van der Waals surface area (Å²) in [6, 6.07) is 15.4. The van der Waals surface area contributed by atoms with Crippen LogP contribution in [0.15, 0.2) is 48.5 Å². The summed E-state index contributed by atoms with van der Waals surface area (Å²) in [4.78, 5) is 28.9. The first-order chi connectivity index (χ1) is 14.7. The SMILES string of the molecule is COc1ccc(C(CNC(=O)CN2C(=O)COc3ccccc32)N2CCCC2)cc1. The summed E-state index contributed by atoms with van der Waals surface area (Å²) in [5, 5.41) is 3.04. The minimum Gasteiger partial charge on any atom is -0.497 e. The summed E-state index contributed by atoms with van der Waals surface area (Å²) in [6.07, 6.45) is 2.33. The second-order valence-corrected chi connectivity index (χ2v) is 7.57. The van der Waals surface area contributed by atoms with Gasteiger partial charge in [-0.1, -0.05) is 24.3 Å². The molecule has 0 spiro atoms. The molecule has 2 aliphatic rings. The van der Waals surface area contributed by atoms with Crippen LogP contribution in [0.1, 0.15) is 24.4 Å². The van der Waals surface area contributed by atoms with Crippen molar-refractivity contribution in [3.05, 3.63) is 54.1 Å². The van der Waals surface area contributed by atoms with E-state index in [0.717, 1.165) is 24.4 Å². The molecule has 7 heteroatoms. The maximum Gasteiger partial charge on any atom is 0.265 e. The first kappa shape index (κ1) is 20.2. The molecule has 158 valence electrons. The largest absolute Gasteiger partial charge is 0.497 e. The molecule has 30 heavy (non-hydrogen) atoms. The number of likely N-dealkylation sites (tertiary alicyclic amines) is 1. The van der Waals surface area contributed by atoms with E-state index in [2.05, 4.69) is 22.3 Å². The van der Waals surface area contributed by atoms with Gasteiger partial charge in [-0.05, 0) is 55.8 Å². The molecular formula is C23H27N3O4. The lowest BCUT2D eigenvalue weighted by Crippen LogP contribution is -2.46. The number of carbonyl (C=O) groups excluding carboxylic acids is 2. The van der Waals surface area contributed by atoms with Crippen LogP contribution in [-0.2, 0) is 9.59 Å². The number of hydrogen-bond donors (Lipinski definition) is 1. The van der Waals surface area contributed by atoms with Gasteiger partial charge in [0, 0.05) is 6.54 Å². The van der Waals surface area contributed by atoms with E-state index in [1.165, 1.54) is 17.7 Å². The molecule has 0 saturated carbocycles. The number of ether oxygens (including phenoxy) is 2. The first-order valence-corrected chi connectivity index (χ1v) is 10.3. The van der Waals surface area contributed by atoms with Crippen molar-refractivity contribution in [2.24, 2.45) is 0 Å². The molecule has 4 rings (SSSR count). The summed E-state index contributed by atoms with van der Waals surface area (Å²) in [6.45, 7) is 2.45. The van der Waals surface area contributed by atoms with E-state index in [9.17, 15) is 9.59 Å². The maximum atomic E-state index is 12.7.